The number of nitrogens with one attached hydrogen (secondary N) is 1. The predicted molar refractivity (Wildman–Crippen MR) is 76.8 cm³/mol. The van der Waals surface area contributed by atoms with Gasteiger partial charge in [-0.2, -0.15) is 0 Å². The predicted octanol–water partition coefficient (Wildman–Crippen LogP) is 3.71. The molecule has 0 bridgehead atoms. The number of hydrogen-bond acceptors (Lipinski definition) is 3. The van der Waals surface area contributed by atoms with Crippen molar-refractivity contribution in [3.05, 3.63) is 59.0 Å². The van der Waals surface area contributed by atoms with Gasteiger partial charge in [0.05, 0.1) is 11.4 Å². The summed E-state index contributed by atoms with van der Waals surface area (Å²) < 4.78 is 28.1. The van der Waals surface area contributed by atoms with Crippen molar-refractivity contribution in [3.63, 3.8) is 0 Å². The van der Waals surface area contributed by atoms with Gasteiger partial charge in [-0.1, -0.05) is 11.6 Å². The third kappa shape index (κ3) is 2.35. The Balaban J connectivity index is 2.18. The molecule has 5 nitrogen and oxygen atoms in total. The molecule has 2 aromatic heterocycles. The average Bonchev–Trinajstić information content (AvgIpc) is 2.92. The number of imidazole rings is 1. The molecule has 0 fully saturated rings. The first-order chi connectivity index (χ1) is 10.5. The zero-order valence-electron chi connectivity index (χ0n) is 10.8. The van der Waals surface area contributed by atoms with Crippen LogP contribution in [0.5, 0.6) is 0 Å². The van der Waals surface area contributed by atoms with E-state index in [9.17, 15) is 18.7 Å². The molecule has 0 amide bonds. The summed E-state index contributed by atoms with van der Waals surface area (Å²) in [7, 11) is 0. The van der Waals surface area contributed by atoms with Gasteiger partial charge in [-0.25, -0.2) is 18.6 Å². The van der Waals surface area contributed by atoms with Crippen LogP contribution in [0.15, 0.2) is 36.8 Å². The molecule has 0 radical (unpaired) electrons. The van der Waals surface area contributed by atoms with Crippen LogP contribution in [0.25, 0.3) is 5.65 Å². The van der Waals surface area contributed by atoms with Gasteiger partial charge in [0.25, 0.3) is 0 Å². The number of carboxylic acid groups (broad SMARTS) is 1. The molecule has 0 saturated carbocycles. The van der Waals surface area contributed by atoms with Crippen LogP contribution in [-0.4, -0.2) is 20.5 Å². The lowest BCUT2D eigenvalue weighted by Gasteiger charge is -2.13. The lowest BCUT2D eigenvalue weighted by Crippen LogP contribution is -2.07. The standard InChI is InChI=1S/C14H8ClF2N3O2/c15-11-12(19-10-2-1-7(16)5-9(10)17)8(14(21)22)6-20-4-3-18-13(11)20/h1-6,19H,(H,21,22). The van der Waals surface area contributed by atoms with Crippen molar-refractivity contribution in [1.82, 2.24) is 9.38 Å². The van der Waals surface area contributed by atoms with Crippen LogP contribution in [-0.2, 0) is 0 Å². The first kappa shape index (κ1) is 14.3. The Labute approximate surface area is 127 Å². The summed E-state index contributed by atoms with van der Waals surface area (Å²) in [5, 5.41) is 11.9. The molecule has 8 heteroatoms. The van der Waals surface area contributed by atoms with E-state index in [2.05, 4.69) is 10.3 Å². The van der Waals surface area contributed by atoms with Crippen molar-refractivity contribution < 1.29 is 18.7 Å². The number of halogens is 3. The monoisotopic (exact) mass is 323 g/mol. The number of carbonyl (C=O) groups is 1. The summed E-state index contributed by atoms with van der Waals surface area (Å²) in [5.41, 5.74) is 0.0380. The van der Waals surface area contributed by atoms with Gasteiger partial charge in [-0.05, 0) is 12.1 Å². The molecular weight excluding hydrogens is 316 g/mol. The highest BCUT2D eigenvalue weighted by molar-refractivity contribution is 6.37. The van der Waals surface area contributed by atoms with Crippen LogP contribution >= 0.6 is 11.6 Å². The maximum atomic E-state index is 13.7. The van der Waals surface area contributed by atoms with Crippen molar-refractivity contribution in [2.45, 2.75) is 0 Å². The summed E-state index contributed by atoms with van der Waals surface area (Å²) in [5.74, 6) is -2.85. The van der Waals surface area contributed by atoms with Gasteiger partial charge in [-0.3, -0.25) is 0 Å². The largest absolute Gasteiger partial charge is 0.478 e. The molecule has 2 N–H and O–H groups in total. The highest BCUT2D eigenvalue weighted by atomic mass is 35.5. The molecule has 1 aromatic carbocycles. The molecular formula is C14H8ClF2N3O2. The van der Waals surface area contributed by atoms with Crippen LogP contribution < -0.4 is 5.32 Å². The molecule has 3 aromatic rings. The Hall–Kier alpha value is -2.67. The Kier molecular flexibility index (Phi) is 3.42. The Morgan fingerprint density at radius 2 is 2.14 bits per heavy atom. The topological polar surface area (TPSA) is 66.6 Å². The zero-order valence-corrected chi connectivity index (χ0v) is 11.6. The maximum absolute atomic E-state index is 13.7. The molecule has 0 atom stereocenters. The summed E-state index contributed by atoms with van der Waals surface area (Å²) in [4.78, 5) is 15.4. The van der Waals surface area contributed by atoms with E-state index >= 15 is 0 Å². The number of pyridine rings is 1. The number of aromatic nitrogens is 2. The van der Waals surface area contributed by atoms with Crippen molar-refractivity contribution >= 4 is 34.6 Å². The van der Waals surface area contributed by atoms with E-state index < -0.39 is 17.6 Å². The number of rotatable bonds is 3. The first-order valence-corrected chi connectivity index (χ1v) is 6.45. The van der Waals surface area contributed by atoms with Crippen molar-refractivity contribution in [1.29, 1.82) is 0 Å². The molecule has 3 rings (SSSR count). The highest BCUT2D eigenvalue weighted by Gasteiger charge is 2.19. The third-order valence-electron chi connectivity index (χ3n) is 3.04. The van der Waals surface area contributed by atoms with Crippen molar-refractivity contribution in [3.8, 4) is 0 Å². The second-order valence-electron chi connectivity index (χ2n) is 4.44. The Bertz CT molecular complexity index is 895. The van der Waals surface area contributed by atoms with E-state index in [4.69, 9.17) is 11.6 Å². The number of benzene rings is 1. The molecule has 0 aliphatic carbocycles. The molecule has 2 heterocycles. The highest BCUT2D eigenvalue weighted by Crippen LogP contribution is 2.33. The van der Waals surface area contributed by atoms with Crippen LogP contribution in [0.4, 0.5) is 20.2 Å². The van der Waals surface area contributed by atoms with E-state index in [0.717, 1.165) is 12.1 Å². The normalized spacial score (nSPS) is 10.9. The lowest BCUT2D eigenvalue weighted by molar-refractivity contribution is 0.0697. The number of anilines is 2. The van der Waals surface area contributed by atoms with Gasteiger partial charge >= 0.3 is 5.97 Å². The second-order valence-corrected chi connectivity index (χ2v) is 4.82. The molecule has 0 aliphatic rings. The summed E-state index contributed by atoms with van der Waals surface area (Å²) in [6.45, 7) is 0. The summed E-state index contributed by atoms with van der Waals surface area (Å²) >= 11 is 6.16. The van der Waals surface area contributed by atoms with E-state index in [1.807, 2.05) is 0 Å². The molecule has 0 unspecified atom stereocenters. The van der Waals surface area contributed by atoms with Gasteiger partial charge in [0, 0.05) is 24.7 Å². The second kappa shape index (κ2) is 5.27. The summed E-state index contributed by atoms with van der Waals surface area (Å²) in [6.07, 6.45) is 4.30. The smallest absolute Gasteiger partial charge is 0.339 e. The fraction of sp³-hybridized carbons (Fsp3) is 0. The lowest BCUT2D eigenvalue weighted by atomic mass is 10.2. The van der Waals surface area contributed by atoms with E-state index in [0.29, 0.717) is 11.7 Å². The number of fused-ring (bicyclic) bond motifs is 1. The van der Waals surface area contributed by atoms with E-state index in [1.165, 1.54) is 23.0 Å². The van der Waals surface area contributed by atoms with E-state index in [1.54, 1.807) is 0 Å². The van der Waals surface area contributed by atoms with Gasteiger partial charge < -0.3 is 14.8 Å². The van der Waals surface area contributed by atoms with Crippen LogP contribution in [0.2, 0.25) is 5.02 Å². The number of carboxylic acids is 1. The van der Waals surface area contributed by atoms with Crippen LogP contribution in [0, 0.1) is 11.6 Å². The molecule has 22 heavy (non-hydrogen) atoms. The average molecular weight is 324 g/mol. The molecule has 0 saturated heterocycles. The quantitative estimate of drug-likeness (QED) is 0.771. The number of hydrogen-bond donors (Lipinski definition) is 2. The third-order valence-corrected chi connectivity index (χ3v) is 3.40. The SMILES string of the molecule is O=C(O)c1cn2ccnc2c(Cl)c1Nc1ccc(F)cc1F. The van der Waals surface area contributed by atoms with Crippen molar-refractivity contribution in [2.75, 3.05) is 5.32 Å². The minimum Gasteiger partial charge on any atom is -0.478 e. The Morgan fingerprint density at radius 3 is 2.82 bits per heavy atom. The molecule has 0 spiro atoms. The molecule has 0 aliphatic heterocycles. The van der Waals surface area contributed by atoms with Crippen LogP contribution in [0.3, 0.4) is 0 Å². The van der Waals surface area contributed by atoms with Gasteiger partial charge in [0.15, 0.2) is 5.65 Å². The van der Waals surface area contributed by atoms with Crippen molar-refractivity contribution in [2.24, 2.45) is 0 Å². The number of nitrogens with zero attached hydrogens (tertiary/aromatic N) is 2. The van der Waals surface area contributed by atoms with Gasteiger partial charge in [-0.15, -0.1) is 0 Å². The van der Waals surface area contributed by atoms with Crippen LogP contribution in [0.1, 0.15) is 10.4 Å². The first-order valence-electron chi connectivity index (χ1n) is 6.08. The Morgan fingerprint density at radius 1 is 1.36 bits per heavy atom. The fourth-order valence-corrected chi connectivity index (χ4v) is 2.33. The fourth-order valence-electron chi connectivity index (χ4n) is 2.03. The van der Waals surface area contributed by atoms with E-state index in [-0.39, 0.29) is 22.0 Å². The maximum Gasteiger partial charge on any atom is 0.339 e. The minimum absolute atomic E-state index is 0.0154. The molecule has 112 valence electrons. The summed E-state index contributed by atoms with van der Waals surface area (Å²) in [6, 6.07) is 2.89. The zero-order chi connectivity index (χ0) is 15.9. The van der Waals surface area contributed by atoms with Gasteiger partial charge in [0.1, 0.15) is 22.2 Å². The number of aromatic carboxylic acids is 1. The minimum atomic E-state index is -1.25. The van der Waals surface area contributed by atoms with Gasteiger partial charge in [0.2, 0.25) is 0 Å².